The third kappa shape index (κ3) is 7.35. The van der Waals surface area contributed by atoms with Crippen molar-refractivity contribution in [2.45, 2.75) is 46.1 Å². The number of carbonyl (C=O) groups excluding carboxylic acids is 2. The van der Waals surface area contributed by atoms with Crippen LogP contribution in [0.2, 0.25) is 0 Å². The zero-order chi connectivity index (χ0) is 17.5. The highest BCUT2D eigenvalue weighted by Crippen LogP contribution is 2.19. The van der Waals surface area contributed by atoms with E-state index in [1.807, 2.05) is 44.7 Å². The molecular weight excluding hydrogens is 292 g/mol. The molecule has 0 aromatic rings. The molecule has 1 aliphatic heterocycles. The van der Waals surface area contributed by atoms with Crippen molar-refractivity contribution in [3.05, 3.63) is 24.3 Å². The Hall–Kier alpha value is -1.78. The third-order valence-corrected chi connectivity index (χ3v) is 3.61. The van der Waals surface area contributed by atoms with Crippen molar-refractivity contribution < 1.29 is 14.3 Å². The van der Waals surface area contributed by atoms with E-state index >= 15 is 0 Å². The average Bonchev–Trinajstić information content (AvgIpc) is 2.46. The lowest BCUT2D eigenvalue weighted by molar-refractivity contribution is -0.127. The fourth-order valence-electron chi connectivity index (χ4n) is 2.57. The van der Waals surface area contributed by atoms with E-state index < -0.39 is 5.60 Å². The second-order valence-corrected chi connectivity index (χ2v) is 7.04. The summed E-state index contributed by atoms with van der Waals surface area (Å²) >= 11 is 0. The van der Waals surface area contributed by atoms with Gasteiger partial charge in [-0.2, -0.15) is 0 Å². The summed E-state index contributed by atoms with van der Waals surface area (Å²) in [4.78, 5) is 27.6. The van der Waals surface area contributed by atoms with Crippen LogP contribution < -0.4 is 0 Å². The molecule has 0 spiro atoms. The molecule has 5 nitrogen and oxygen atoms in total. The summed E-state index contributed by atoms with van der Waals surface area (Å²) in [6, 6.07) is 0. The summed E-state index contributed by atoms with van der Waals surface area (Å²) in [5.41, 5.74) is -0.489. The lowest BCUT2D eigenvalue weighted by Gasteiger charge is -2.34. The van der Waals surface area contributed by atoms with Gasteiger partial charge in [0.05, 0.1) is 0 Å². The fraction of sp³-hybridized carbons (Fsp3) is 0.667. The zero-order valence-electron chi connectivity index (χ0n) is 15.0. The van der Waals surface area contributed by atoms with E-state index in [-0.39, 0.29) is 12.0 Å². The van der Waals surface area contributed by atoms with E-state index in [0.29, 0.717) is 19.0 Å². The first kappa shape index (κ1) is 19.3. The Morgan fingerprint density at radius 2 is 2.00 bits per heavy atom. The maximum Gasteiger partial charge on any atom is 0.410 e. The van der Waals surface area contributed by atoms with E-state index in [2.05, 4.69) is 0 Å². The van der Waals surface area contributed by atoms with Crippen molar-refractivity contribution in [1.82, 2.24) is 9.80 Å². The first-order valence-electron chi connectivity index (χ1n) is 8.25. The molecule has 2 amide bonds. The number of carbonyl (C=O) groups is 2. The number of piperidine rings is 1. The van der Waals surface area contributed by atoms with Crippen molar-refractivity contribution in [3.8, 4) is 0 Å². The van der Waals surface area contributed by atoms with E-state index in [9.17, 15) is 9.59 Å². The smallest absolute Gasteiger partial charge is 0.410 e. The molecule has 0 aromatic carbocycles. The quantitative estimate of drug-likeness (QED) is 0.590. The zero-order valence-corrected chi connectivity index (χ0v) is 15.0. The summed E-state index contributed by atoms with van der Waals surface area (Å²) in [6.07, 6.45) is 8.77. The SMILES string of the molecule is CC=CC=CC(=O)N1CCCC(CN(C)C(=O)OC(C)(C)C)C1. The van der Waals surface area contributed by atoms with Crippen LogP contribution in [0.3, 0.4) is 0 Å². The monoisotopic (exact) mass is 322 g/mol. The number of hydrogen-bond donors (Lipinski definition) is 0. The largest absolute Gasteiger partial charge is 0.444 e. The van der Waals surface area contributed by atoms with Gasteiger partial charge >= 0.3 is 6.09 Å². The molecule has 0 N–H and O–H groups in total. The highest BCUT2D eigenvalue weighted by atomic mass is 16.6. The van der Waals surface area contributed by atoms with Crippen LogP contribution in [0.25, 0.3) is 0 Å². The van der Waals surface area contributed by atoms with Crippen molar-refractivity contribution in [3.63, 3.8) is 0 Å². The van der Waals surface area contributed by atoms with Gasteiger partial charge in [0.2, 0.25) is 5.91 Å². The van der Waals surface area contributed by atoms with E-state index in [1.54, 1.807) is 24.1 Å². The number of allylic oxidation sites excluding steroid dienone is 3. The Balaban J connectivity index is 2.52. The lowest BCUT2D eigenvalue weighted by atomic mass is 9.97. The Labute approximate surface area is 140 Å². The number of amides is 2. The van der Waals surface area contributed by atoms with Gasteiger partial charge in [-0.15, -0.1) is 0 Å². The van der Waals surface area contributed by atoms with Crippen LogP contribution in [-0.4, -0.2) is 54.1 Å². The van der Waals surface area contributed by atoms with Gasteiger partial charge in [0.25, 0.3) is 0 Å². The molecule has 1 heterocycles. The summed E-state index contributed by atoms with van der Waals surface area (Å²) in [5, 5.41) is 0. The topological polar surface area (TPSA) is 49.9 Å². The van der Waals surface area contributed by atoms with Crippen molar-refractivity contribution >= 4 is 12.0 Å². The Bertz CT molecular complexity index is 463. The second-order valence-electron chi connectivity index (χ2n) is 7.04. The molecule has 1 rings (SSSR count). The number of rotatable bonds is 4. The van der Waals surface area contributed by atoms with E-state index in [1.165, 1.54) is 0 Å². The van der Waals surface area contributed by atoms with Gasteiger partial charge in [0.15, 0.2) is 0 Å². The Morgan fingerprint density at radius 3 is 2.61 bits per heavy atom. The molecule has 1 fully saturated rings. The predicted octanol–water partition coefficient (Wildman–Crippen LogP) is 3.22. The predicted molar refractivity (Wildman–Crippen MR) is 92.1 cm³/mol. The van der Waals surface area contributed by atoms with Crippen LogP contribution in [0.15, 0.2) is 24.3 Å². The number of ether oxygens (including phenoxy) is 1. The number of hydrogen-bond acceptors (Lipinski definition) is 3. The van der Waals surface area contributed by atoms with Crippen LogP contribution in [-0.2, 0) is 9.53 Å². The summed E-state index contributed by atoms with van der Waals surface area (Å²) < 4.78 is 5.37. The molecule has 0 saturated carbocycles. The van der Waals surface area contributed by atoms with Gasteiger partial charge in [-0.1, -0.05) is 18.2 Å². The minimum Gasteiger partial charge on any atom is -0.444 e. The van der Waals surface area contributed by atoms with Gasteiger partial charge in [-0.25, -0.2) is 4.79 Å². The molecule has 5 heteroatoms. The normalized spacial score (nSPS) is 19.3. The molecule has 0 aromatic heterocycles. The third-order valence-electron chi connectivity index (χ3n) is 3.61. The van der Waals surface area contributed by atoms with Gasteiger partial charge in [-0.05, 0) is 46.5 Å². The second kappa shape index (κ2) is 8.75. The summed E-state index contributed by atoms with van der Waals surface area (Å²) in [6.45, 7) is 9.57. The van der Waals surface area contributed by atoms with Crippen LogP contribution in [0.1, 0.15) is 40.5 Å². The first-order chi connectivity index (χ1) is 10.7. The van der Waals surface area contributed by atoms with Gasteiger partial charge < -0.3 is 14.5 Å². The molecule has 130 valence electrons. The summed E-state index contributed by atoms with van der Waals surface area (Å²) in [7, 11) is 1.75. The van der Waals surface area contributed by atoms with E-state index in [4.69, 9.17) is 4.74 Å². The minimum absolute atomic E-state index is 0.0349. The van der Waals surface area contributed by atoms with Gasteiger partial charge in [0.1, 0.15) is 5.60 Å². The highest BCUT2D eigenvalue weighted by molar-refractivity contribution is 5.87. The molecule has 1 aliphatic rings. The van der Waals surface area contributed by atoms with Crippen molar-refractivity contribution in [2.75, 3.05) is 26.7 Å². The maximum absolute atomic E-state index is 12.1. The number of nitrogens with zero attached hydrogens (tertiary/aromatic N) is 2. The highest BCUT2D eigenvalue weighted by Gasteiger charge is 2.26. The maximum atomic E-state index is 12.1. The summed E-state index contributed by atoms with van der Waals surface area (Å²) in [5.74, 6) is 0.327. The van der Waals surface area contributed by atoms with Crippen molar-refractivity contribution in [2.24, 2.45) is 5.92 Å². The van der Waals surface area contributed by atoms with Gasteiger partial charge in [-0.3, -0.25) is 4.79 Å². The molecule has 0 aliphatic carbocycles. The van der Waals surface area contributed by atoms with Gasteiger partial charge in [0, 0.05) is 32.8 Å². The standard InChI is InChI=1S/C18H30N2O3/c1-6-7-8-11-16(21)20-12-9-10-15(14-20)13-19(5)17(22)23-18(2,3)4/h6-8,11,15H,9-10,12-14H2,1-5H3. The number of likely N-dealkylation sites (tertiary alicyclic amines) is 1. The molecule has 1 atom stereocenters. The van der Waals surface area contributed by atoms with E-state index in [0.717, 1.165) is 19.4 Å². The lowest BCUT2D eigenvalue weighted by Crippen LogP contribution is -2.44. The fourth-order valence-corrected chi connectivity index (χ4v) is 2.57. The first-order valence-corrected chi connectivity index (χ1v) is 8.25. The Morgan fingerprint density at radius 1 is 1.30 bits per heavy atom. The molecule has 0 bridgehead atoms. The van der Waals surface area contributed by atoms with Crippen LogP contribution in [0.5, 0.6) is 0 Å². The van der Waals surface area contributed by atoms with Crippen LogP contribution in [0, 0.1) is 5.92 Å². The molecule has 1 unspecified atom stereocenters. The van der Waals surface area contributed by atoms with Crippen molar-refractivity contribution in [1.29, 1.82) is 0 Å². The van der Waals surface area contributed by atoms with Crippen LogP contribution in [0.4, 0.5) is 4.79 Å². The molecule has 23 heavy (non-hydrogen) atoms. The minimum atomic E-state index is -0.489. The Kier molecular flexibility index (Phi) is 7.33. The average molecular weight is 322 g/mol. The molecule has 1 saturated heterocycles. The molecular formula is C18H30N2O3. The molecule has 0 radical (unpaired) electrons. The van der Waals surface area contributed by atoms with Crippen LogP contribution >= 0.6 is 0 Å².